The first kappa shape index (κ1) is 30.7. The maximum Gasteiger partial charge on any atom is 0.356 e. The average molecular weight is 578 g/mol. The highest BCUT2D eigenvalue weighted by Crippen LogP contribution is 2.48. The Morgan fingerprint density at radius 2 is 1.68 bits per heavy atom. The van der Waals surface area contributed by atoms with E-state index in [1.165, 1.54) is 23.0 Å². The minimum Gasteiger partial charge on any atom is -0.481 e. The van der Waals surface area contributed by atoms with E-state index in [-0.39, 0.29) is 17.1 Å². The number of para-hydroxylation sites is 1. The first-order valence-electron chi connectivity index (χ1n) is 14.3. The average Bonchev–Trinajstić information content (AvgIpc) is 3.26. The molecule has 7 nitrogen and oxygen atoms in total. The minimum absolute atomic E-state index is 0.0451. The van der Waals surface area contributed by atoms with E-state index < -0.39 is 19.0 Å². The molecule has 0 bridgehead atoms. The second-order valence-corrected chi connectivity index (χ2v) is 13.4. The van der Waals surface area contributed by atoms with Crippen molar-refractivity contribution in [2.45, 2.75) is 71.1 Å². The topological polar surface area (TPSA) is 101 Å². The van der Waals surface area contributed by atoms with E-state index in [0.717, 1.165) is 42.9 Å². The van der Waals surface area contributed by atoms with Crippen LogP contribution < -0.4 is 10.2 Å². The van der Waals surface area contributed by atoms with Crippen LogP contribution in [0.4, 0.5) is 11.4 Å². The number of carboxylic acids is 1. The van der Waals surface area contributed by atoms with Gasteiger partial charge in [0.2, 0.25) is 5.69 Å². The molecular formula is C33H42N2O5P+. The summed E-state index contributed by atoms with van der Waals surface area (Å²) in [7, 11) is -4.34. The van der Waals surface area contributed by atoms with E-state index in [1.54, 1.807) is 6.07 Å². The van der Waals surface area contributed by atoms with Crippen LogP contribution in [-0.2, 0) is 20.2 Å². The molecule has 0 spiro atoms. The molecule has 0 radical (unpaired) electrons. The van der Waals surface area contributed by atoms with Gasteiger partial charge in [-0.2, -0.15) is 4.58 Å². The Morgan fingerprint density at radius 3 is 2.37 bits per heavy atom. The summed E-state index contributed by atoms with van der Waals surface area (Å²) in [4.78, 5) is 32.5. The van der Waals surface area contributed by atoms with Crippen LogP contribution in [0.15, 0.2) is 78.5 Å². The molecule has 4 rings (SSSR count). The molecule has 0 saturated carbocycles. The van der Waals surface area contributed by atoms with E-state index in [9.17, 15) is 19.1 Å². The largest absolute Gasteiger partial charge is 0.481 e. The number of allylic oxidation sites excluding steroid dienone is 6. The Morgan fingerprint density at radius 1 is 0.951 bits per heavy atom. The molecule has 0 amide bonds. The van der Waals surface area contributed by atoms with Gasteiger partial charge in [-0.25, -0.2) is 0 Å². The standard InChI is InChI=1S/C33H41N2O5P/c1-6-34-28-21-20-24(41(38,39)40)23-26(28)33(4,5)29(34)17-9-7-10-18-30-32(2,3)25-15-12-13-16-27(25)35(30)22-14-8-11-19-31(36)37/h7,9-10,12-13,15-18,20-21,23H,6,8,11,14,19,22H2,1-5H3,(H2-,36,37,38,39,40)/p+1. The van der Waals surface area contributed by atoms with Crippen LogP contribution in [0.3, 0.4) is 0 Å². The van der Waals surface area contributed by atoms with Gasteiger partial charge in [0.1, 0.15) is 6.54 Å². The molecule has 0 unspecified atom stereocenters. The number of unbranched alkanes of at least 4 members (excludes halogenated alkanes) is 2. The smallest absolute Gasteiger partial charge is 0.356 e. The van der Waals surface area contributed by atoms with Gasteiger partial charge in [0.05, 0.1) is 10.7 Å². The van der Waals surface area contributed by atoms with Gasteiger partial charge in [-0.1, -0.05) is 50.3 Å². The molecule has 218 valence electrons. The summed E-state index contributed by atoms with van der Waals surface area (Å²) in [5.41, 5.74) is 6.10. The molecule has 2 aliphatic rings. The number of anilines is 1. The summed E-state index contributed by atoms with van der Waals surface area (Å²) in [5.74, 6) is -0.743. The van der Waals surface area contributed by atoms with Crippen molar-refractivity contribution in [3.8, 4) is 0 Å². The predicted octanol–water partition coefficient (Wildman–Crippen LogP) is 6.32. The molecule has 0 fully saturated rings. The zero-order chi connectivity index (χ0) is 30.0. The van der Waals surface area contributed by atoms with E-state index in [2.05, 4.69) is 86.6 Å². The van der Waals surface area contributed by atoms with Crippen LogP contribution >= 0.6 is 7.60 Å². The van der Waals surface area contributed by atoms with Crippen LogP contribution in [0.5, 0.6) is 0 Å². The summed E-state index contributed by atoms with van der Waals surface area (Å²) < 4.78 is 14.3. The molecule has 2 heterocycles. The second-order valence-electron chi connectivity index (χ2n) is 11.8. The molecule has 2 aromatic rings. The van der Waals surface area contributed by atoms with E-state index in [1.807, 2.05) is 18.2 Å². The maximum absolute atomic E-state index is 11.9. The Labute approximate surface area is 243 Å². The van der Waals surface area contributed by atoms with Crippen molar-refractivity contribution < 1.29 is 28.8 Å². The lowest BCUT2D eigenvalue weighted by atomic mass is 9.81. The van der Waals surface area contributed by atoms with E-state index in [0.29, 0.717) is 6.42 Å². The number of hydrogen-bond acceptors (Lipinski definition) is 3. The molecule has 3 N–H and O–H groups in total. The van der Waals surface area contributed by atoms with Crippen molar-refractivity contribution in [2.75, 3.05) is 18.0 Å². The molecule has 0 atom stereocenters. The Hall–Kier alpha value is -3.25. The molecular weight excluding hydrogens is 535 g/mol. The fraction of sp³-hybridized carbons (Fsp3) is 0.394. The summed E-state index contributed by atoms with van der Waals surface area (Å²) >= 11 is 0. The number of carbonyl (C=O) groups is 1. The quantitative estimate of drug-likeness (QED) is 0.125. The van der Waals surface area contributed by atoms with Crippen molar-refractivity contribution in [1.82, 2.24) is 0 Å². The van der Waals surface area contributed by atoms with Gasteiger partial charge < -0.3 is 19.8 Å². The number of aliphatic carboxylic acids is 1. The van der Waals surface area contributed by atoms with Crippen molar-refractivity contribution >= 4 is 36.0 Å². The van der Waals surface area contributed by atoms with Crippen molar-refractivity contribution in [3.63, 3.8) is 0 Å². The zero-order valence-corrected chi connectivity index (χ0v) is 25.6. The Balaban J connectivity index is 1.58. The van der Waals surface area contributed by atoms with E-state index >= 15 is 0 Å². The van der Waals surface area contributed by atoms with Gasteiger partial charge in [-0.3, -0.25) is 9.36 Å². The summed E-state index contributed by atoms with van der Waals surface area (Å²) in [6.45, 7) is 12.3. The Kier molecular flexibility index (Phi) is 8.93. The third kappa shape index (κ3) is 6.18. The highest BCUT2D eigenvalue weighted by atomic mass is 31.2. The number of likely N-dealkylation sites (N-methyl/N-ethyl adjacent to an activating group) is 1. The number of nitrogens with zero attached hydrogens (tertiary/aromatic N) is 2. The van der Waals surface area contributed by atoms with Crippen molar-refractivity contribution in [3.05, 3.63) is 89.7 Å². The molecule has 41 heavy (non-hydrogen) atoms. The molecule has 8 heteroatoms. The fourth-order valence-electron chi connectivity index (χ4n) is 6.15. The number of carboxylic acid groups (broad SMARTS) is 1. The first-order valence-corrected chi connectivity index (χ1v) is 15.9. The van der Waals surface area contributed by atoms with Crippen molar-refractivity contribution in [1.29, 1.82) is 0 Å². The molecule has 0 aliphatic carbocycles. The van der Waals surface area contributed by atoms with Gasteiger partial charge in [-0.05, 0) is 63.5 Å². The maximum atomic E-state index is 11.9. The van der Waals surface area contributed by atoms with Crippen LogP contribution in [-0.4, -0.2) is 44.2 Å². The van der Waals surface area contributed by atoms with Gasteiger partial charge in [0.15, 0.2) is 5.71 Å². The lowest BCUT2D eigenvalue weighted by molar-refractivity contribution is -0.438. The monoisotopic (exact) mass is 577 g/mol. The SMILES string of the molecule is CCN1/C(=C/C=C/C=C/C2=[N+](CCCCCC(=O)O)c3ccccc3C2(C)C)C(C)(C)c2cc(P(=O)(O)O)ccc21. The van der Waals surface area contributed by atoms with Crippen LogP contribution in [0.1, 0.15) is 71.4 Å². The normalized spacial score (nSPS) is 18.6. The lowest BCUT2D eigenvalue weighted by Gasteiger charge is -2.25. The lowest BCUT2D eigenvalue weighted by Crippen LogP contribution is -2.27. The molecule has 0 saturated heterocycles. The molecule has 2 aliphatic heterocycles. The van der Waals surface area contributed by atoms with Crippen LogP contribution in [0.2, 0.25) is 0 Å². The molecule has 2 aromatic carbocycles. The Bertz CT molecular complexity index is 1490. The minimum atomic E-state index is -4.34. The summed E-state index contributed by atoms with van der Waals surface area (Å²) in [5, 5.41) is 9.00. The van der Waals surface area contributed by atoms with E-state index in [4.69, 9.17) is 5.11 Å². The number of rotatable bonds is 11. The third-order valence-corrected chi connectivity index (χ3v) is 9.28. The highest BCUT2D eigenvalue weighted by molar-refractivity contribution is 7.60. The summed E-state index contributed by atoms with van der Waals surface area (Å²) in [6, 6.07) is 13.5. The first-order chi connectivity index (χ1) is 19.3. The molecule has 0 aromatic heterocycles. The van der Waals surface area contributed by atoms with Crippen molar-refractivity contribution in [2.24, 2.45) is 0 Å². The predicted molar refractivity (Wildman–Crippen MR) is 166 cm³/mol. The highest BCUT2D eigenvalue weighted by Gasteiger charge is 2.44. The van der Waals surface area contributed by atoms with Gasteiger partial charge in [0, 0.05) is 53.9 Å². The van der Waals surface area contributed by atoms with Gasteiger partial charge in [-0.15, -0.1) is 0 Å². The van der Waals surface area contributed by atoms with Crippen LogP contribution in [0.25, 0.3) is 0 Å². The van der Waals surface area contributed by atoms with Gasteiger partial charge >= 0.3 is 13.6 Å². The number of fused-ring (bicyclic) bond motifs is 2. The second kappa shape index (κ2) is 11.9. The third-order valence-electron chi connectivity index (χ3n) is 8.33. The van der Waals surface area contributed by atoms with Crippen LogP contribution in [0, 0.1) is 0 Å². The number of hydrogen-bond donors (Lipinski definition) is 3. The zero-order valence-electron chi connectivity index (χ0n) is 24.7. The number of benzene rings is 2. The summed E-state index contributed by atoms with van der Waals surface area (Å²) in [6.07, 6.45) is 13.1. The van der Waals surface area contributed by atoms with Gasteiger partial charge in [0.25, 0.3) is 0 Å². The fourth-order valence-corrected chi connectivity index (χ4v) is 6.71.